The molecule has 0 unspecified atom stereocenters. The third-order valence-corrected chi connectivity index (χ3v) is 12.4. The van der Waals surface area contributed by atoms with Crippen LogP contribution < -0.4 is 0 Å². The molecule has 0 saturated carbocycles. The van der Waals surface area contributed by atoms with Gasteiger partial charge in [-0.3, -0.25) is 0 Å². The number of benzene rings is 4. The molecule has 0 radical (unpaired) electrons. The van der Waals surface area contributed by atoms with Gasteiger partial charge >= 0.3 is 0 Å². The lowest BCUT2D eigenvalue weighted by Gasteiger charge is -2.38. The fraction of sp³-hybridized carbons (Fsp3) is 0.385. The second kappa shape index (κ2) is 9.24. The van der Waals surface area contributed by atoms with Crippen molar-refractivity contribution in [1.82, 2.24) is 0 Å². The third kappa shape index (κ3) is 3.90. The normalized spacial score (nSPS) is 24.4. The van der Waals surface area contributed by atoms with Crippen molar-refractivity contribution in [1.29, 1.82) is 0 Å². The standard InChI is InChI=1S/C39H42O3Si3/c1-13-22-37(40-43(4,5)6)25-16-18-27-33-31(25)32-26(37)17-19-28-34(32)36-30(39(28,24-15-3)42-45(10,11)12)21-20-29(35(33)36)38(27,23-14-2)41-44(7,8)9/h1-3,16-21H,22-24H2,4-12H3. The third-order valence-electron chi connectivity index (χ3n) is 9.47. The van der Waals surface area contributed by atoms with Crippen molar-refractivity contribution in [3.05, 3.63) is 69.8 Å². The van der Waals surface area contributed by atoms with E-state index in [4.69, 9.17) is 32.5 Å². The molecule has 0 saturated heterocycles. The van der Waals surface area contributed by atoms with Crippen LogP contribution in [0.3, 0.4) is 0 Å². The Bertz CT molecular complexity index is 1750. The van der Waals surface area contributed by atoms with Gasteiger partial charge in [-0.05, 0) is 125 Å². The molecule has 45 heavy (non-hydrogen) atoms. The fourth-order valence-corrected chi connectivity index (χ4v) is 12.8. The molecule has 3 aliphatic carbocycles. The molecule has 0 N–H and O–H groups in total. The molecule has 0 fully saturated rings. The van der Waals surface area contributed by atoms with E-state index in [0.717, 1.165) is 33.4 Å². The van der Waals surface area contributed by atoms with Gasteiger partial charge in [0.15, 0.2) is 25.0 Å². The summed E-state index contributed by atoms with van der Waals surface area (Å²) in [5, 5.41) is 7.34. The zero-order valence-corrected chi connectivity index (χ0v) is 31.0. The SMILES string of the molecule is C#CCC1(O[Si](C)(C)C)c2ccc3c4c2c2c1ccc1c2c2c(ccc(c42)C3(CC#C)O[Si](C)(C)C)C1(CC#C)O[Si](C)(C)C. The largest absolute Gasteiger partial charge is 0.403 e. The smallest absolute Gasteiger partial charge is 0.185 e. The summed E-state index contributed by atoms with van der Waals surface area (Å²) in [5.41, 5.74) is 4.66. The highest BCUT2D eigenvalue weighted by atomic mass is 28.4. The Balaban J connectivity index is 1.76. The van der Waals surface area contributed by atoms with E-state index < -0.39 is 41.8 Å². The predicted molar refractivity (Wildman–Crippen MR) is 195 cm³/mol. The monoisotopic (exact) mass is 642 g/mol. The molecule has 0 amide bonds. The van der Waals surface area contributed by atoms with Gasteiger partial charge in [-0.15, -0.1) is 37.0 Å². The van der Waals surface area contributed by atoms with E-state index in [1.807, 2.05) is 0 Å². The lowest BCUT2D eigenvalue weighted by atomic mass is 9.84. The Morgan fingerprint density at radius 1 is 0.422 bits per heavy atom. The predicted octanol–water partition coefficient (Wildman–Crippen LogP) is 9.44. The second-order valence-electron chi connectivity index (χ2n) is 16.0. The average molecular weight is 643 g/mol. The van der Waals surface area contributed by atoms with Crippen molar-refractivity contribution < 1.29 is 13.3 Å². The molecule has 0 aliphatic heterocycles. The molecule has 7 rings (SSSR count). The van der Waals surface area contributed by atoms with Gasteiger partial charge in [0.1, 0.15) is 16.8 Å². The van der Waals surface area contributed by atoms with Crippen LogP contribution in [0.25, 0.3) is 32.3 Å². The fourth-order valence-electron chi connectivity index (χ4n) is 8.83. The molecular formula is C39H42O3Si3. The summed E-state index contributed by atoms with van der Waals surface area (Å²) < 4.78 is 21.8. The lowest BCUT2D eigenvalue weighted by molar-refractivity contribution is 0.110. The molecular weight excluding hydrogens is 601 g/mol. The van der Waals surface area contributed by atoms with Crippen LogP contribution in [0.5, 0.6) is 0 Å². The van der Waals surface area contributed by atoms with Crippen molar-refractivity contribution in [2.24, 2.45) is 0 Å². The van der Waals surface area contributed by atoms with Crippen molar-refractivity contribution >= 4 is 57.3 Å². The molecule has 228 valence electrons. The van der Waals surface area contributed by atoms with Crippen LogP contribution >= 0.6 is 0 Å². The van der Waals surface area contributed by atoms with Crippen molar-refractivity contribution in [3.8, 4) is 37.0 Å². The van der Waals surface area contributed by atoms with Gasteiger partial charge < -0.3 is 13.3 Å². The maximum absolute atomic E-state index is 7.27. The Labute approximate surface area is 271 Å². The van der Waals surface area contributed by atoms with E-state index in [0.29, 0.717) is 19.3 Å². The molecule has 0 atom stereocenters. The van der Waals surface area contributed by atoms with Gasteiger partial charge in [0.2, 0.25) is 0 Å². The molecule has 3 aliphatic rings. The molecule has 3 nitrogen and oxygen atoms in total. The minimum Gasteiger partial charge on any atom is -0.403 e. The number of terminal acetylenes is 3. The van der Waals surface area contributed by atoms with Crippen LogP contribution in [0.4, 0.5) is 0 Å². The topological polar surface area (TPSA) is 27.7 Å². The molecule has 4 aromatic carbocycles. The lowest BCUT2D eigenvalue weighted by Crippen LogP contribution is -2.41. The molecule has 4 aromatic rings. The summed E-state index contributed by atoms with van der Waals surface area (Å²) in [6.45, 7) is 20.2. The highest BCUT2D eigenvalue weighted by molar-refractivity contribution is 6.70. The Morgan fingerprint density at radius 3 is 0.733 bits per heavy atom. The highest BCUT2D eigenvalue weighted by Gasteiger charge is 2.55. The Kier molecular flexibility index (Phi) is 6.26. The zero-order valence-electron chi connectivity index (χ0n) is 28.0. The van der Waals surface area contributed by atoms with Crippen LogP contribution in [-0.4, -0.2) is 25.0 Å². The number of hydrogen-bond acceptors (Lipinski definition) is 3. The first-order valence-corrected chi connectivity index (χ1v) is 26.2. The average Bonchev–Trinajstić information content (AvgIpc) is 3.43. The minimum atomic E-state index is -2.10. The van der Waals surface area contributed by atoms with E-state index in [1.54, 1.807) is 0 Å². The second-order valence-corrected chi connectivity index (χ2v) is 29.3. The van der Waals surface area contributed by atoms with Crippen LogP contribution in [-0.2, 0) is 30.1 Å². The number of rotatable bonds is 9. The van der Waals surface area contributed by atoms with Gasteiger partial charge in [0.25, 0.3) is 0 Å². The van der Waals surface area contributed by atoms with Crippen LogP contribution in [0.2, 0.25) is 58.9 Å². The minimum absolute atomic E-state index is 0.451. The maximum Gasteiger partial charge on any atom is 0.185 e. The van der Waals surface area contributed by atoms with Gasteiger partial charge in [0.05, 0.1) is 0 Å². The summed E-state index contributed by atoms with van der Waals surface area (Å²) in [6, 6.07) is 13.6. The summed E-state index contributed by atoms with van der Waals surface area (Å²) in [7, 11) is -6.29. The van der Waals surface area contributed by atoms with Gasteiger partial charge in [-0.25, -0.2) is 0 Å². The van der Waals surface area contributed by atoms with Crippen LogP contribution in [0.15, 0.2) is 36.4 Å². The van der Waals surface area contributed by atoms with Crippen LogP contribution in [0.1, 0.15) is 52.6 Å². The van der Waals surface area contributed by atoms with E-state index in [9.17, 15) is 0 Å². The van der Waals surface area contributed by atoms with Crippen LogP contribution in [0, 0.1) is 37.0 Å². The van der Waals surface area contributed by atoms with E-state index in [-0.39, 0.29) is 0 Å². The molecule has 6 heteroatoms. The Morgan fingerprint density at radius 2 is 0.600 bits per heavy atom. The molecule has 0 bridgehead atoms. The molecule has 0 spiro atoms. The molecule has 0 aromatic heterocycles. The van der Waals surface area contributed by atoms with Gasteiger partial charge in [-0.1, -0.05) is 36.4 Å². The summed E-state index contributed by atoms with van der Waals surface area (Å²) in [6.07, 6.45) is 19.9. The van der Waals surface area contributed by atoms with Crippen molar-refractivity contribution in [2.45, 2.75) is 95.0 Å². The van der Waals surface area contributed by atoms with Gasteiger partial charge in [-0.2, -0.15) is 0 Å². The van der Waals surface area contributed by atoms with Crippen molar-refractivity contribution in [2.75, 3.05) is 0 Å². The van der Waals surface area contributed by atoms with E-state index >= 15 is 0 Å². The summed E-state index contributed by atoms with van der Waals surface area (Å²) >= 11 is 0. The first-order valence-electron chi connectivity index (χ1n) is 15.9. The number of hydrogen-bond donors (Lipinski definition) is 0. The van der Waals surface area contributed by atoms with E-state index in [2.05, 4.69) is 113 Å². The summed E-state index contributed by atoms with van der Waals surface area (Å²) in [5.74, 6) is 9.10. The van der Waals surface area contributed by atoms with Gasteiger partial charge in [0, 0.05) is 19.3 Å². The van der Waals surface area contributed by atoms with Crippen molar-refractivity contribution in [3.63, 3.8) is 0 Å². The summed E-state index contributed by atoms with van der Waals surface area (Å²) in [4.78, 5) is 0. The quantitative estimate of drug-likeness (QED) is 0.103. The Hall–Kier alpha value is -3.13. The first-order chi connectivity index (χ1) is 21.0. The maximum atomic E-state index is 7.27. The molecule has 0 heterocycles. The first kappa shape index (κ1) is 30.5. The van der Waals surface area contributed by atoms with E-state index in [1.165, 1.54) is 32.3 Å². The zero-order chi connectivity index (χ0) is 32.5. The highest BCUT2D eigenvalue weighted by Crippen LogP contribution is 2.65.